The molecule has 0 saturated heterocycles. The maximum atomic E-state index is 11.9. The summed E-state index contributed by atoms with van der Waals surface area (Å²) in [5, 5.41) is 3.69. The Hall–Kier alpha value is -2.14. The first kappa shape index (κ1) is 10.0. The lowest BCUT2D eigenvalue weighted by Crippen LogP contribution is -2.21. The second kappa shape index (κ2) is 4.03. The largest absolute Gasteiger partial charge is 0.270 e. The van der Waals surface area contributed by atoms with E-state index in [1.54, 1.807) is 17.1 Å². The summed E-state index contributed by atoms with van der Waals surface area (Å²) in [5.74, 6) is -0.130. The van der Waals surface area contributed by atoms with E-state index in [-0.39, 0.29) is 5.91 Å². The second-order valence-corrected chi connectivity index (χ2v) is 4.34. The molecule has 1 amide bonds. The fraction of sp³-hybridized carbons (Fsp3) is 0. The van der Waals surface area contributed by atoms with Crippen molar-refractivity contribution in [3.05, 3.63) is 53.0 Å². The lowest BCUT2D eigenvalue weighted by molar-refractivity contribution is 0.101. The average Bonchev–Trinajstić information content (AvgIpc) is 2.98. The van der Waals surface area contributed by atoms with E-state index in [0.717, 1.165) is 11.0 Å². The van der Waals surface area contributed by atoms with Crippen molar-refractivity contribution in [2.24, 2.45) is 0 Å². The molecule has 1 N–H and O–H groups in total. The number of rotatable bonds is 2. The van der Waals surface area contributed by atoms with E-state index in [4.69, 9.17) is 0 Å². The highest BCUT2D eigenvalue weighted by Crippen LogP contribution is 2.11. The molecule has 4 nitrogen and oxygen atoms in total. The summed E-state index contributed by atoms with van der Waals surface area (Å²) in [6.07, 6.45) is 1.61. The molecule has 2 aromatic heterocycles. The molecule has 0 aliphatic heterocycles. The van der Waals surface area contributed by atoms with Gasteiger partial charge in [-0.05, 0) is 23.6 Å². The summed E-state index contributed by atoms with van der Waals surface area (Å²) in [7, 11) is 0. The molecule has 3 rings (SSSR count). The van der Waals surface area contributed by atoms with E-state index in [9.17, 15) is 4.79 Å². The number of imidazole rings is 1. The van der Waals surface area contributed by atoms with Crippen LogP contribution in [0.15, 0.2) is 47.4 Å². The summed E-state index contributed by atoms with van der Waals surface area (Å²) in [4.78, 5) is 16.1. The van der Waals surface area contributed by atoms with E-state index in [0.29, 0.717) is 5.56 Å². The molecule has 84 valence electrons. The van der Waals surface area contributed by atoms with E-state index in [1.165, 1.54) is 11.3 Å². The van der Waals surface area contributed by atoms with Crippen LogP contribution in [0, 0.1) is 0 Å². The van der Waals surface area contributed by atoms with Gasteiger partial charge >= 0.3 is 0 Å². The molecule has 0 unspecified atom stereocenters. The monoisotopic (exact) mass is 243 g/mol. The Kier molecular flexibility index (Phi) is 2.38. The van der Waals surface area contributed by atoms with Crippen molar-refractivity contribution in [3.63, 3.8) is 0 Å². The maximum Gasteiger partial charge on any atom is 0.270 e. The van der Waals surface area contributed by atoms with Crippen LogP contribution in [0.1, 0.15) is 10.4 Å². The molecule has 0 atom stereocenters. The van der Waals surface area contributed by atoms with Gasteiger partial charge in [0.15, 0.2) is 0 Å². The number of nitrogens with one attached hydrogen (secondary N) is 1. The molecule has 0 fully saturated rings. The van der Waals surface area contributed by atoms with Crippen molar-refractivity contribution >= 4 is 28.3 Å². The molecule has 0 spiro atoms. The zero-order valence-corrected chi connectivity index (χ0v) is 9.65. The summed E-state index contributed by atoms with van der Waals surface area (Å²) < 4.78 is 1.63. The molecule has 0 bridgehead atoms. The maximum absolute atomic E-state index is 11.9. The first-order valence-electron chi connectivity index (χ1n) is 5.10. The Morgan fingerprint density at radius 3 is 3.00 bits per heavy atom. The minimum absolute atomic E-state index is 0.130. The van der Waals surface area contributed by atoms with Gasteiger partial charge in [0, 0.05) is 5.38 Å². The van der Waals surface area contributed by atoms with E-state index >= 15 is 0 Å². The van der Waals surface area contributed by atoms with E-state index < -0.39 is 0 Å². The van der Waals surface area contributed by atoms with Gasteiger partial charge in [0.05, 0.1) is 16.6 Å². The fourth-order valence-electron chi connectivity index (χ4n) is 1.62. The van der Waals surface area contributed by atoms with Crippen molar-refractivity contribution in [3.8, 4) is 0 Å². The Balaban J connectivity index is 1.93. The topological polar surface area (TPSA) is 46.9 Å². The first-order valence-corrected chi connectivity index (χ1v) is 6.04. The number of carbonyl (C=O) groups is 1. The van der Waals surface area contributed by atoms with Gasteiger partial charge in [0.25, 0.3) is 5.91 Å². The van der Waals surface area contributed by atoms with Crippen LogP contribution >= 0.6 is 11.3 Å². The third kappa shape index (κ3) is 1.81. The van der Waals surface area contributed by atoms with Crippen LogP contribution in [0.2, 0.25) is 0 Å². The molecular formula is C12H9N3OS. The third-order valence-electron chi connectivity index (χ3n) is 2.46. The Morgan fingerprint density at radius 1 is 1.29 bits per heavy atom. The molecule has 0 saturated carbocycles. The van der Waals surface area contributed by atoms with E-state index in [2.05, 4.69) is 10.4 Å². The Bertz CT molecular complexity index is 657. The number of amides is 1. The number of aromatic nitrogens is 2. The molecule has 2 heterocycles. The van der Waals surface area contributed by atoms with Crippen molar-refractivity contribution < 1.29 is 4.79 Å². The Labute approximate surface area is 101 Å². The zero-order valence-electron chi connectivity index (χ0n) is 8.83. The van der Waals surface area contributed by atoms with Crippen LogP contribution < -0.4 is 5.43 Å². The van der Waals surface area contributed by atoms with Crippen LogP contribution in [-0.4, -0.2) is 15.6 Å². The predicted octanol–water partition coefficient (Wildman–Crippen LogP) is 2.48. The quantitative estimate of drug-likeness (QED) is 0.751. The molecule has 0 aliphatic rings. The normalized spacial score (nSPS) is 10.6. The molecule has 0 aliphatic carbocycles. The number of thiophene rings is 1. The number of nitrogens with zero attached hydrogens (tertiary/aromatic N) is 2. The van der Waals surface area contributed by atoms with Gasteiger partial charge in [-0.3, -0.25) is 10.2 Å². The molecule has 0 radical (unpaired) electrons. The summed E-state index contributed by atoms with van der Waals surface area (Å²) in [5.41, 5.74) is 5.19. The molecule has 1 aromatic carbocycles. The standard InChI is InChI=1S/C12H9N3OS/c16-12(9-5-6-17-7-9)14-15-8-13-10-3-1-2-4-11(10)15/h1-8H,(H,14,16). The lowest BCUT2D eigenvalue weighted by Gasteiger charge is -2.05. The number of fused-ring (bicyclic) bond motifs is 1. The molecule has 3 aromatic rings. The van der Waals surface area contributed by atoms with Crippen molar-refractivity contribution in [1.29, 1.82) is 0 Å². The average molecular weight is 243 g/mol. The van der Waals surface area contributed by atoms with Crippen LogP contribution in [-0.2, 0) is 0 Å². The molecule has 5 heteroatoms. The number of carbonyl (C=O) groups excluding carboxylic acids is 1. The van der Waals surface area contributed by atoms with Crippen LogP contribution in [0.4, 0.5) is 0 Å². The summed E-state index contributed by atoms with van der Waals surface area (Å²) >= 11 is 1.50. The summed E-state index contributed by atoms with van der Waals surface area (Å²) in [6, 6.07) is 9.44. The molecular weight excluding hydrogens is 234 g/mol. The highest BCUT2D eigenvalue weighted by Gasteiger charge is 2.08. The van der Waals surface area contributed by atoms with Gasteiger partial charge in [0.1, 0.15) is 6.33 Å². The number of hydrogen-bond acceptors (Lipinski definition) is 3. The minimum Gasteiger partial charge on any atom is -0.267 e. The van der Waals surface area contributed by atoms with Crippen molar-refractivity contribution in [2.75, 3.05) is 5.43 Å². The van der Waals surface area contributed by atoms with Gasteiger partial charge in [-0.25, -0.2) is 9.66 Å². The summed E-state index contributed by atoms with van der Waals surface area (Å²) in [6.45, 7) is 0. The lowest BCUT2D eigenvalue weighted by atomic mass is 10.3. The first-order chi connectivity index (χ1) is 8.34. The highest BCUT2D eigenvalue weighted by molar-refractivity contribution is 7.08. The van der Waals surface area contributed by atoms with Gasteiger partial charge in [-0.2, -0.15) is 11.3 Å². The van der Waals surface area contributed by atoms with Crippen molar-refractivity contribution in [2.45, 2.75) is 0 Å². The highest BCUT2D eigenvalue weighted by atomic mass is 32.1. The van der Waals surface area contributed by atoms with Gasteiger partial charge in [0.2, 0.25) is 0 Å². The Morgan fingerprint density at radius 2 is 2.18 bits per heavy atom. The van der Waals surface area contributed by atoms with Gasteiger partial charge in [-0.1, -0.05) is 12.1 Å². The smallest absolute Gasteiger partial charge is 0.267 e. The van der Waals surface area contributed by atoms with E-state index in [1.807, 2.05) is 35.0 Å². The SMILES string of the molecule is O=C(Nn1cnc2ccccc21)c1ccsc1. The van der Waals surface area contributed by atoms with Crippen LogP contribution in [0.25, 0.3) is 11.0 Å². The fourth-order valence-corrected chi connectivity index (χ4v) is 2.25. The zero-order chi connectivity index (χ0) is 11.7. The number of para-hydroxylation sites is 2. The molecule has 17 heavy (non-hydrogen) atoms. The van der Waals surface area contributed by atoms with Gasteiger partial charge < -0.3 is 0 Å². The van der Waals surface area contributed by atoms with Gasteiger partial charge in [-0.15, -0.1) is 0 Å². The number of benzene rings is 1. The number of hydrogen-bond donors (Lipinski definition) is 1. The second-order valence-electron chi connectivity index (χ2n) is 3.56. The predicted molar refractivity (Wildman–Crippen MR) is 67.7 cm³/mol. The van der Waals surface area contributed by atoms with Crippen molar-refractivity contribution in [1.82, 2.24) is 9.66 Å². The van der Waals surface area contributed by atoms with Crippen LogP contribution in [0.5, 0.6) is 0 Å². The third-order valence-corrected chi connectivity index (χ3v) is 3.14. The van der Waals surface area contributed by atoms with Crippen LogP contribution in [0.3, 0.4) is 0 Å². The minimum atomic E-state index is -0.130.